The SMILES string of the molecule is CCc1cc(NCCCN2CCC(O)CC2)nc(-c2ccncc2)n1. The van der Waals surface area contributed by atoms with Crippen molar-refractivity contribution in [3.8, 4) is 11.4 Å². The number of anilines is 1. The molecule has 2 aromatic heterocycles. The predicted octanol–water partition coefficient (Wildman–Crippen LogP) is 2.36. The highest BCUT2D eigenvalue weighted by molar-refractivity contribution is 5.56. The molecule has 3 heterocycles. The van der Waals surface area contributed by atoms with Gasteiger partial charge in [0.25, 0.3) is 0 Å². The van der Waals surface area contributed by atoms with Crippen molar-refractivity contribution in [3.63, 3.8) is 0 Å². The summed E-state index contributed by atoms with van der Waals surface area (Å²) in [6, 6.07) is 5.90. The van der Waals surface area contributed by atoms with Crippen LogP contribution in [0.5, 0.6) is 0 Å². The van der Waals surface area contributed by atoms with Crippen molar-refractivity contribution in [2.24, 2.45) is 0 Å². The fraction of sp³-hybridized carbons (Fsp3) is 0.526. The minimum absolute atomic E-state index is 0.102. The number of aryl methyl sites for hydroxylation is 1. The average molecular weight is 341 g/mol. The van der Waals surface area contributed by atoms with Crippen LogP contribution in [0.2, 0.25) is 0 Å². The number of nitrogens with zero attached hydrogens (tertiary/aromatic N) is 4. The molecule has 0 amide bonds. The summed E-state index contributed by atoms with van der Waals surface area (Å²) in [5, 5.41) is 13.0. The maximum absolute atomic E-state index is 9.56. The van der Waals surface area contributed by atoms with Gasteiger partial charge < -0.3 is 15.3 Å². The van der Waals surface area contributed by atoms with Crippen molar-refractivity contribution < 1.29 is 5.11 Å². The normalized spacial score (nSPS) is 16.1. The molecular formula is C19H27N5O. The molecule has 0 aromatic carbocycles. The maximum Gasteiger partial charge on any atom is 0.161 e. The molecular weight excluding hydrogens is 314 g/mol. The van der Waals surface area contributed by atoms with Crippen molar-refractivity contribution in [2.75, 3.05) is 31.5 Å². The highest BCUT2D eigenvalue weighted by Gasteiger charge is 2.16. The van der Waals surface area contributed by atoms with Crippen LogP contribution in [0.3, 0.4) is 0 Å². The molecule has 25 heavy (non-hydrogen) atoms. The van der Waals surface area contributed by atoms with Gasteiger partial charge in [0.15, 0.2) is 5.82 Å². The number of aliphatic hydroxyl groups excluding tert-OH is 1. The molecule has 3 rings (SSSR count). The first kappa shape index (κ1) is 17.8. The third kappa shape index (κ3) is 5.21. The number of aliphatic hydroxyl groups is 1. The van der Waals surface area contributed by atoms with Gasteiger partial charge in [-0.3, -0.25) is 4.98 Å². The summed E-state index contributed by atoms with van der Waals surface area (Å²) < 4.78 is 0. The van der Waals surface area contributed by atoms with Crippen LogP contribution >= 0.6 is 0 Å². The van der Waals surface area contributed by atoms with E-state index < -0.39 is 0 Å². The second-order valence-corrected chi connectivity index (χ2v) is 6.51. The average Bonchev–Trinajstić information content (AvgIpc) is 2.67. The summed E-state index contributed by atoms with van der Waals surface area (Å²) in [6.07, 6.45) is 7.16. The summed E-state index contributed by atoms with van der Waals surface area (Å²) in [7, 11) is 0. The quantitative estimate of drug-likeness (QED) is 0.753. The van der Waals surface area contributed by atoms with Gasteiger partial charge in [-0.1, -0.05) is 6.92 Å². The van der Waals surface area contributed by atoms with Crippen LogP contribution in [-0.2, 0) is 6.42 Å². The predicted molar refractivity (Wildman–Crippen MR) is 99.4 cm³/mol. The first-order chi connectivity index (χ1) is 12.2. The lowest BCUT2D eigenvalue weighted by molar-refractivity contribution is 0.0825. The first-order valence-electron chi connectivity index (χ1n) is 9.17. The van der Waals surface area contributed by atoms with E-state index in [0.717, 1.165) is 74.8 Å². The zero-order chi connectivity index (χ0) is 17.5. The Labute approximate surface area is 149 Å². The fourth-order valence-electron chi connectivity index (χ4n) is 3.06. The molecule has 0 unspecified atom stereocenters. The van der Waals surface area contributed by atoms with Crippen molar-refractivity contribution in [2.45, 2.75) is 38.7 Å². The van der Waals surface area contributed by atoms with E-state index in [1.165, 1.54) is 0 Å². The third-order valence-corrected chi connectivity index (χ3v) is 4.59. The lowest BCUT2D eigenvalue weighted by atomic mass is 10.1. The van der Waals surface area contributed by atoms with Crippen molar-refractivity contribution >= 4 is 5.82 Å². The number of hydrogen-bond donors (Lipinski definition) is 2. The van der Waals surface area contributed by atoms with E-state index in [0.29, 0.717) is 0 Å². The molecule has 2 aromatic rings. The van der Waals surface area contributed by atoms with Gasteiger partial charge in [-0.2, -0.15) is 0 Å². The van der Waals surface area contributed by atoms with Crippen LogP contribution in [0, 0.1) is 0 Å². The number of likely N-dealkylation sites (tertiary alicyclic amines) is 1. The summed E-state index contributed by atoms with van der Waals surface area (Å²) in [4.78, 5) is 15.7. The standard InChI is InChI=1S/C19H27N5O/c1-2-16-14-18(23-19(22-16)15-4-9-20-10-5-15)21-8-3-11-24-12-6-17(25)7-13-24/h4-5,9-10,14,17,25H,2-3,6-8,11-13H2,1H3,(H,21,22,23). The van der Waals surface area contributed by atoms with E-state index in [9.17, 15) is 5.11 Å². The van der Waals surface area contributed by atoms with Crippen LogP contribution in [0.25, 0.3) is 11.4 Å². The smallest absolute Gasteiger partial charge is 0.161 e. The highest BCUT2D eigenvalue weighted by atomic mass is 16.3. The molecule has 1 aliphatic rings. The Bertz CT molecular complexity index is 656. The molecule has 6 heteroatoms. The lowest BCUT2D eigenvalue weighted by Gasteiger charge is -2.29. The Balaban J connectivity index is 1.55. The molecule has 0 spiro atoms. The number of piperidine rings is 1. The van der Waals surface area contributed by atoms with Crippen LogP contribution in [0.4, 0.5) is 5.82 Å². The topological polar surface area (TPSA) is 74.2 Å². The number of aromatic nitrogens is 3. The Morgan fingerprint density at radius 3 is 2.68 bits per heavy atom. The largest absolute Gasteiger partial charge is 0.393 e. The molecule has 1 fully saturated rings. The summed E-state index contributed by atoms with van der Waals surface area (Å²) in [5.41, 5.74) is 2.02. The summed E-state index contributed by atoms with van der Waals surface area (Å²) in [5.74, 6) is 1.63. The summed E-state index contributed by atoms with van der Waals surface area (Å²) >= 11 is 0. The molecule has 0 bridgehead atoms. The number of hydrogen-bond acceptors (Lipinski definition) is 6. The molecule has 6 nitrogen and oxygen atoms in total. The minimum atomic E-state index is -0.102. The van der Waals surface area contributed by atoms with Gasteiger partial charge >= 0.3 is 0 Å². The van der Waals surface area contributed by atoms with Crippen molar-refractivity contribution in [1.82, 2.24) is 19.9 Å². The molecule has 0 aliphatic carbocycles. The van der Waals surface area contributed by atoms with Gasteiger partial charge in [0, 0.05) is 49.4 Å². The van der Waals surface area contributed by atoms with Gasteiger partial charge in [-0.25, -0.2) is 9.97 Å². The van der Waals surface area contributed by atoms with E-state index in [2.05, 4.69) is 32.1 Å². The Hall–Kier alpha value is -2.05. The van der Waals surface area contributed by atoms with Gasteiger partial charge in [-0.15, -0.1) is 0 Å². The molecule has 0 atom stereocenters. The monoisotopic (exact) mass is 341 g/mol. The first-order valence-corrected chi connectivity index (χ1v) is 9.17. The van der Waals surface area contributed by atoms with Gasteiger partial charge in [-0.05, 0) is 44.4 Å². The highest BCUT2D eigenvalue weighted by Crippen LogP contribution is 2.17. The number of rotatable bonds is 7. The summed E-state index contributed by atoms with van der Waals surface area (Å²) in [6.45, 7) is 6.05. The van der Waals surface area contributed by atoms with Crippen LogP contribution in [0.15, 0.2) is 30.6 Å². The van der Waals surface area contributed by atoms with Crippen LogP contribution < -0.4 is 5.32 Å². The van der Waals surface area contributed by atoms with E-state index >= 15 is 0 Å². The Morgan fingerprint density at radius 2 is 1.96 bits per heavy atom. The number of nitrogens with one attached hydrogen (secondary N) is 1. The second-order valence-electron chi connectivity index (χ2n) is 6.51. The third-order valence-electron chi connectivity index (χ3n) is 4.59. The zero-order valence-electron chi connectivity index (χ0n) is 14.9. The molecule has 1 aliphatic heterocycles. The minimum Gasteiger partial charge on any atom is -0.393 e. The zero-order valence-corrected chi connectivity index (χ0v) is 14.9. The van der Waals surface area contributed by atoms with Crippen molar-refractivity contribution in [1.29, 1.82) is 0 Å². The van der Waals surface area contributed by atoms with E-state index in [4.69, 9.17) is 0 Å². The van der Waals surface area contributed by atoms with Crippen LogP contribution in [-0.4, -0.2) is 57.2 Å². The van der Waals surface area contributed by atoms with E-state index in [1.807, 2.05) is 18.2 Å². The second kappa shape index (κ2) is 8.87. The lowest BCUT2D eigenvalue weighted by Crippen LogP contribution is -2.36. The maximum atomic E-state index is 9.56. The molecule has 0 radical (unpaired) electrons. The number of pyridine rings is 1. The van der Waals surface area contributed by atoms with Gasteiger partial charge in [0.05, 0.1) is 6.10 Å². The fourth-order valence-corrected chi connectivity index (χ4v) is 3.06. The van der Waals surface area contributed by atoms with Gasteiger partial charge in [0.1, 0.15) is 5.82 Å². The Kier molecular flexibility index (Phi) is 6.30. The van der Waals surface area contributed by atoms with E-state index in [1.54, 1.807) is 12.4 Å². The van der Waals surface area contributed by atoms with Crippen LogP contribution in [0.1, 0.15) is 31.9 Å². The van der Waals surface area contributed by atoms with Crippen molar-refractivity contribution in [3.05, 3.63) is 36.3 Å². The van der Waals surface area contributed by atoms with E-state index in [-0.39, 0.29) is 6.10 Å². The Morgan fingerprint density at radius 1 is 1.20 bits per heavy atom. The molecule has 134 valence electrons. The molecule has 0 saturated carbocycles. The van der Waals surface area contributed by atoms with Gasteiger partial charge in [0.2, 0.25) is 0 Å². The molecule has 2 N–H and O–H groups in total. The molecule has 1 saturated heterocycles.